The Morgan fingerprint density at radius 1 is 1.30 bits per heavy atom. The smallest absolute Gasteiger partial charge is 0.254 e. The van der Waals surface area contributed by atoms with Gasteiger partial charge in [-0.15, -0.1) is 0 Å². The highest BCUT2D eigenvalue weighted by Crippen LogP contribution is 2.44. The van der Waals surface area contributed by atoms with E-state index >= 15 is 0 Å². The lowest BCUT2D eigenvalue weighted by atomic mass is 9.85. The van der Waals surface area contributed by atoms with Gasteiger partial charge in [-0.3, -0.25) is 9.48 Å². The van der Waals surface area contributed by atoms with Gasteiger partial charge in [0.25, 0.3) is 5.91 Å². The molecule has 2 aliphatic carbocycles. The first-order chi connectivity index (χ1) is 11.2. The number of amides is 1. The third kappa shape index (κ3) is 3.16. The zero-order valence-electron chi connectivity index (χ0n) is 14.0. The number of carbonyl (C=O) groups is 1. The average molecular weight is 317 g/mol. The van der Waals surface area contributed by atoms with Crippen LogP contribution >= 0.6 is 0 Å². The molecule has 2 heterocycles. The summed E-state index contributed by atoms with van der Waals surface area (Å²) in [4.78, 5) is 12.7. The van der Waals surface area contributed by atoms with Crippen LogP contribution in [0.25, 0.3) is 0 Å². The predicted molar refractivity (Wildman–Crippen MR) is 87.3 cm³/mol. The van der Waals surface area contributed by atoms with E-state index in [2.05, 4.69) is 10.4 Å². The van der Waals surface area contributed by atoms with Crippen molar-refractivity contribution in [3.63, 3.8) is 0 Å². The van der Waals surface area contributed by atoms with Crippen LogP contribution in [0.15, 0.2) is 6.20 Å². The molecule has 4 rings (SSSR count). The van der Waals surface area contributed by atoms with Gasteiger partial charge in [-0.25, -0.2) is 0 Å². The summed E-state index contributed by atoms with van der Waals surface area (Å²) in [5.41, 5.74) is 1.66. The molecule has 0 bridgehead atoms. The van der Waals surface area contributed by atoms with Crippen LogP contribution in [0.2, 0.25) is 0 Å². The highest BCUT2D eigenvalue weighted by molar-refractivity contribution is 5.95. The maximum Gasteiger partial charge on any atom is 0.254 e. The second-order valence-electron chi connectivity index (χ2n) is 7.54. The van der Waals surface area contributed by atoms with E-state index in [-0.39, 0.29) is 11.8 Å². The van der Waals surface area contributed by atoms with Gasteiger partial charge >= 0.3 is 0 Å². The molecule has 0 radical (unpaired) electrons. The fraction of sp³-hybridized carbons (Fsp3) is 0.778. The Labute approximate surface area is 137 Å². The van der Waals surface area contributed by atoms with E-state index in [9.17, 15) is 4.79 Å². The Hall–Kier alpha value is -1.36. The number of nitrogens with zero attached hydrogens (tertiary/aromatic N) is 2. The first kappa shape index (κ1) is 15.2. The molecular formula is C18H27N3O2. The number of rotatable bonds is 4. The van der Waals surface area contributed by atoms with E-state index < -0.39 is 0 Å². The summed E-state index contributed by atoms with van der Waals surface area (Å²) in [5, 5.41) is 7.79. The number of aryl methyl sites for hydroxylation is 1. The summed E-state index contributed by atoms with van der Waals surface area (Å²) in [6.07, 6.45) is 10.8. The lowest BCUT2D eigenvalue weighted by molar-refractivity contribution is 0.0945. The van der Waals surface area contributed by atoms with Crippen LogP contribution in [0.1, 0.15) is 66.9 Å². The van der Waals surface area contributed by atoms with Crippen LogP contribution in [0.4, 0.5) is 0 Å². The molecule has 126 valence electrons. The van der Waals surface area contributed by atoms with Crippen LogP contribution in [0, 0.1) is 11.8 Å². The maximum absolute atomic E-state index is 12.7. The van der Waals surface area contributed by atoms with Gasteiger partial charge in [0.05, 0.1) is 17.9 Å². The van der Waals surface area contributed by atoms with Gasteiger partial charge in [-0.2, -0.15) is 5.10 Å². The molecule has 5 heteroatoms. The first-order valence-electron chi connectivity index (χ1n) is 9.14. The Balaban J connectivity index is 1.40. The minimum Gasteiger partial charge on any atom is -0.381 e. The number of carbonyl (C=O) groups excluding carboxylic acids is 1. The molecule has 5 nitrogen and oxygen atoms in total. The summed E-state index contributed by atoms with van der Waals surface area (Å²) in [5.74, 6) is 1.88. The standard InChI is InChI=1S/C18H27N3O2/c1-21-10-15(17(20-21)13-7-8-23-11-13)18(22)19-16-9-14(16)12-5-3-2-4-6-12/h10,12-14,16H,2-9,11H2,1H3,(H,19,22)/t13-,14-,16+/m0/s1. The zero-order chi connectivity index (χ0) is 15.8. The molecule has 3 aliphatic rings. The van der Waals surface area contributed by atoms with E-state index in [1.807, 2.05) is 13.2 Å². The molecule has 0 unspecified atom stereocenters. The van der Waals surface area contributed by atoms with Crippen molar-refractivity contribution in [1.29, 1.82) is 0 Å². The van der Waals surface area contributed by atoms with Gasteiger partial charge in [-0.05, 0) is 24.7 Å². The van der Waals surface area contributed by atoms with Gasteiger partial charge < -0.3 is 10.1 Å². The van der Waals surface area contributed by atoms with Crippen molar-refractivity contribution in [3.8, 4) is 0 Å². The van der Waals surface area contributed by atoms with E-state index in [4.69, 9.17) is 4.74 Å². The predicted octanol–water partition coefficient (Wildman–Crippen LogP) is 2.62. The van der Waals surface area contributed by atoms with Crippen molar-refractivity contribution in [2.24, 2.45) is 18.9 Å². The Bertz CT molecular complexity index is 571. The largest absolute Gasteiger partial charge is 0.381 e. The molecule has 0 spiro atoms. The summed E-state index contributed by atoms with van der Waals surface area (Å²) in [6.45, 7) is 1.46. The van der Waals surface area contributed by atoms with E-state index in [0.29, 0.717) is 18.6 Å². The fourth-order valence-electron chi connectivity index (χ4n) is 4.44. The van der Waals surface area contributed by atoms with Crippen molar-refractivity contribution < 1.29 is 9.53 Å². The molecule has 2 saturated carbocycles. The summed E-state index contributed by atoms with van der Waals surface area (Å²) in [7, 11) is 1.89. The van der Waals surface area contributed by atoms with Crippen LogP contribution in [-0.2, 0) is 11.8 Å². The quantitative estimate of drug-likeness (QED) is 0.929. The third-order valence-corrected chi connectivity index (χ3v) is 5.83. The van der Waals surface area contributed by atoms with Crippen LogP contribution in [-0.4, -0.2) is 34.9 Å². The minimum absolute atomic E-state index is 0.0586. The van der Waals surface area contributed by atoms with Gasteiger partial charge in [0.2, 0.25) is 0 Å². The Kier molecular flexibility index (Phi) is 4.14. The summed E-state index contributed by atoms with van der Waals surface area (Å²) >= 11 is 0. The SMILES string of the molecule is Cn1cc(C(=O)N[C@@H]2C[C@H]2C2CCCCC2)c([C@H]2CCOC2)n1. The molecule has 1 aromatic rings. The molecule has 1 aliphatic heterocycles. The number of ether oxygens (including phenoxy) is 1. The topological polar surface area (TPSA) is 56.2 Å². The molecule has 1 amide bonds. The van der Waals surface area contributed by atoms with Crippen molar-refractivity contribution in [3.05, 3.63) is 17.5 Å². The van der Waals surface area contributed by atoms with Crippen LogP contribution < -0.4 is 5.32 Å². The third-order valence-electron chi connectivity index (χ3n) is 5.83. The number of aromatic nitrogens is 2. The molecule has 1 N–H and O–H groups in total. The summed E-state index contributed by atoms with van der Waals surface area (Å²) < 4.78 is 7.22. The van der Waals surface area contributed by atoms with Crippen LogP contribution in [0.5, 0.6) is 0 Å². The van der Waals surface area contributed by atoms with Crippen LogP contribution in [0.3, 0.4) is 0 Å². The zero-order valence-corrected chi connectivity index (χ0v) is 14.0. The van der Waals surface area contributed by atoms with E-state index in [1.165, 1.54) is 38.5 Å². The van der Waals surface area contributed by atoms with Crippen molar-refractivity contribution in [2.45, 2.75) is 56.9 Å². The molecule has 1 aromatic heterocycles. The maximum atomic E-state index is 12.7. The highest BCUT2D eigenvalue weighted by atomic mass is 16.5. The molecule has 23 heavy (non-hydrogen) atoms. The monoisotopic (exact) mass is 317 g/mol. The fourth-order valence-corrected chi connectivity index (χ4v) is 4.44. The van der Waals surface area contributed by atoms with E-state index in [1.54, 1.807) is 4.68 Å². The van der Waals surface area contributed by atoms with Crippen molar-refractivity contribution in [2.75, 3.05) is 13.2 Å². The Morgan fingerprint density at radius 2 is 2.13 bits per heavy atom. The van der Waals surface area contributed by atoms with Crippen molar-refractivity contribution in [1.82, 2.24) is 15.1 Å². The lowest BCUT2D eigenvalue weighted by Crippen LogP contribution is -2.29. The number of nitrogens with one attached hydrogen (secondary N) is 1. The summed E-state index contributed by atoms with van der Waals surface area (Å²) in [6, 6.07) is 0.387. The molecule has 1 saturated heterocycles. The number of hydrogen-bond acceptors (Lipinski definition) is 3. The van der Waals surface area contributed by atoms with Gasteiger partial charge in [0, 0.05) is 31.8 Å². The number of hydrogen-bond donors (Lipinski definition) is 1. The molecule has 3 atom stereocenters. The Morgan fingerprint density at radius 3 is 2.87 bits per heavy atom. The van der Waals surface area contributed by atoms with Gasteiger partial charge in [0.15, 0.2) is 0 Å². The highest BCUT2D eigenvalue weighted by Gasteiger charge is 2.44. The van der Waals surface area contributed by atoms with Gasteiger partial charge in [0.1, 0.15) is 0 Å². The second-order valence-corrected chi connectivity index (χ2v) is 7.54. The van der Waals surface area contributed by atoms with Gasteiger partial charge in [-0.1, -0.05) is 32.1 Å². The first-order valence-corrected chi connectivity index (χ1v) is 9.14. The molecule has 3 fully saturated rings. The minimum atomic E-state index is 0.0586. The second kappa shape index (κ2) is 6.27. The normalized spacial score (nSPS) is 31.3. The van der Waals surface area contributed by atoms with E-state index in [0.717, 1.165) is 30.2 Å². The lowest BCUT2D eigenvalue weighted by Gasteiger charge is -2.21. The van der Waals surface area contributed by atoms with Crippen molar-refractivity contribution >= 4 is 5.91 Å². The molecular weight excluding hydrogens is 290 g/mol. The molecule has 0 aromatic carbocycles. The average Bonchev–Trinajstić information content (AvgIpc) is 2.98.